The molecule has 14 heteroatoms. The lowest BCUT2D eigenvalue weighted by Crippen LogP contribution is -2.37. The third-order valence-electron chi connectivity index (χ3n) is 6.51. The average molecular weight is 718 g/mol. The molecule has 0 spiro atoms. The number of aryl methyl sites for hydroxylation is 2. The highest BCUT2D eigenvalue weighted by molar-refractivity contribution is 7.33. The van der Waals surface area contributed by atoms with E-state index >= 15 is 0 Å². The van der Waals surface area contributed by atoms with Crippen LogP contribution in [0.15, 0.2) is 84.9 Å². The molecule has 0 aliphatic heterocycles. The molecule has 4 rings (SSSR count). The molecule has 11 nitrogen and oxygen atoms in total. The number of rotatable bonds is 16. The van der Waals surface area contributed by atoms with E-state index in [1.54, 1.807) is 86.6 Å². The molecular formula is C34H35Cl2N2O9P. The molecule has 0 aliphatic rings. The molecule has 0 saturated carbocycles. The molecule has 0 saturated heterocycles. The highest BCUT2D eigenvalue weighted by Gasteiger charge is 2.17. The van der Waals surface area contributed by atoms with Crippen LogP contribution in [0.2, 0.25) is 10.0 Å². The summed E-state index contributed by atoms with van der Waals surface area (Å²) in [7, 11) is -3.03. The Kier molecular flexibility index (Phi) is 13.5. The van der Waals surface area contributed by atoms with Gasteiger partial charge in [0.25, 0.3) is 11.8 Å². The van der Waals surface area contributed by atoms with Crippen LogP contribution in [0.25, 0.3) is 0 Å². The number of hydrogen-bond donors (Lipinski definition) is 2. The highest BCUT2D eigenvalue weighted by Crippen LogP contribution is 2.32. The number of amides is 2. The van der Waals surface area contributed by atoms with Gasteiger partial charge in [0.1, 0.15) is 48.0 Å². The first kappa shape index (κ1) is 36.6. The van der Waals surface area contributed by atoms with Gasteiger partial charge in [-0.2, -0.15) is 0 Å². The van der Waals surface area contributed by atoms with E-state index in [1.165, 1.54) is 0 Å². The summed E-state index contributed by atoms with van der Waals surface area (Å²) in [6.45, 7) is 6.19. The minimum atomic E-state index is -3.03. The van der Waals surface area contributed by atoms with Crippen molar-refractivity contribution in [3.8, 4) is 34.5 Å². The van der Waals surface area contributed by atoms with Crippen LogP contribution in [0.5, 0.6) is 34.5 Å². The largest absolute Gasteiger partial charge is 0.481 e. The van der Waals surface area contributed by atoms with Crippen molar-refractivity contribution in [3.63, 3.8) is 0 Å². The first-order valence-corrected chi connectivity index (χ1v) is 16.7. The molecule has 0 aliphatic carbocycles. The summed E-state index contributed by atoms with van der Waals surface area (Å²) >= 11 is 12.4. The summed E-state index contributed by atoms with van der Waals surface area (Å²) in [6, 6.07) is 24.3. The van der Waals surface area contributed by atoms with Crippen molar-refractivity contribution in [1.29, 1.82) is 0 Å². The molecule has 0 bridgehead atoms. The summed E-state index contributed by atoms with van der Waals surface area (Å²) < 4.78 is 45.0. The van der Waals surface area contributed by atoms with Crippen molar-refractivity contribution in [3.05, 3.63) is 106 Å². The molecule has 2 atom stereocenters. The summed E-state index contributed by atoms with van der Waals surface area (Å²) in [4.78, 5) is 24.8. The maximum Gasteiger partial charge on any atom is 0.322 e. The summed E-state index contributed by atoms with van der Waals surface area (Å²) in [5.74, 6) is 1.98. The molecule has 2 N–H and O–H groups in total. The molecule has 0 heterocycles. The van der Waals surface area contributed by atoms with E-state index in [1.807, 2.05) is 26.0 Å². The van der Waals surface area contributed by atoms with Crippen LogP contribution in [0.3, 0.4) is 0 Å². The fraction of sp³-hybridized carbons (Fsp3) is 0.235. The van der Waals surface area contributed by atoms with Gasteiger partial charge in [-0.25, -0.2) is 0 Å². The second kappa shape index (κ2) is 17.8. The van der Waals surface area contributed by atoms with Gasteiger partial charge >= 0.3 is 8.25 Å². The van der Waals surface area contributed by atoms with E-state index in [2.05, 4.69) is 10.6 Å². The Bertz CT molecular complexity index is 1600. The van der Waals surface area contributed by atoms with Crippen molar-refractivity contribution in [1.82, 2.24) is 10.6 Å². The molecule has 0 aromatic heterocycles. The predicted octanol–water partition coefficient (Wildman–Crippen LogP) is 8.00. The Morgan fingerprint density at radius 1 is 0.625 bits per heavy atom. The number of hydrogen-bond acceptors (Lipinski definition) is 9. The SMILES string of the molecule is Cc1ccc(Oc2ccc(OC(C)C(=O)NCO[PH](=O)OCNC(=O)C(C)Oc3ccc(Oc4ccc(C)cc4Cl)cc3)cc2)c(Cl)c1. The molecular weight excluding hydrogens is 682 g/mol. The van der Waals surface area contributed by atoms with Crippen LogP contribution in [0.1, 0.15) is 25.0 Å². The number of nitrogens with one attached hydrogen (secondary N) is 2. The molecule has 254 valence electrons. The average Bonchev–Trinajstić information content (AvgIpc) is 3.05. The maximum atomic E-state index is 12.4. The Hall–Kier alpha value is -4.25. The third-order valence-corrected chi connectivity index (χ3v) is 7.87. The normalized spacial score (nSPS) is 12.7. The standard InChI is InChI=1S/C34H35Cl2N2O9P/c1-21-5-15-31(29(35)17-21)46-27-11-7-25(8-12-27)44-23(3)33(39)37-19-42-48(41)43-20-38-34(40)24(4)45-26-9-13-28(14-10-26)47-32-16-6-22(2)18-30(32)36/h5-18,23-24,48H,19-20H2,1-4H3,(H,37,39)(H,38,40). The van der Waals surface area contributed by atoms with Gasteiger partial charge in [0.15, 0.2) is 12.2 Å². The van der Waals surface area contributed by atoms with Crippen LogP contribution in [-0.4, -0.2) is 37.5 Å². The van der Waals surface area contributed by atoms with Gasteiger partial charge in [-0.05, 0) is 112 Å². The number of ether oxygens (including phenoxy) is 4. The van der Waals surface area contributed by atoms with Crippen molar-refractivity contribution >= 4 is 43.3 Å². The van der Waals surface area contributed by atoms with Crippen LogP contribution in [-0.2, 0) is 23.2 Å². The van der Waals surface area contributed by atoms with E-state index < -0.39 is 45.7 Å². The molecule has 4 aromatic carbocycles. The Labute approximate surface area is 289 Å². The Morgan fingerprint density at radius 3 is 1.33 bits per heavy atom. The lowest BCUT2D eigenvalue weighted by molar-refractivity contribution is -0.128. The van der Waals surface area contributed by atoms with E-state index in [4.69, 9.17) is 51.2 Å². The van der Waals surface area contributed by atoms with E-state index in [0.29, 0.717) is 44.5 Å². The summed E-state index contributed by atoms with van der Waals surface area (Å²) in [6.07, 6.45) is -1.77. The van der Waals surface area contributed by atoms with Crippen LogP contribution in [0, 0.1) is 13.8 Å². The van der Waals surface area contributed by atoms with Gasteiger partial charge in [-0.3, -0.25) is 23.2 Å². The number of carbonyl (C=O) groups is 2. The van der Waals surface area contributed by atoms with Crippen molar-refractivity contribution in [2.24, 2.45) is 0 Å². The summed E-state index contributed by atoms with van der Waals surface area (Å²) in [5, 5.41) is 5.90. The second-order valence-electron chi connectivity index (χ2n) is 10.4. The maximum absolute atomic E-state index is 12.4. The topological polar surface area (TPSA) is 131 Å². The van der Waals surface area contributed by atoms with Gasteiger partial charge < -0.3 is 29.6 Å². The lowest BCUT2D eigenvalue weighted by atomic mass is 10.2. The molecule has 0 radical (unpaired) electrons. The van der Waals surface area contributed by atoms with Crippen LogP contribution < -0.4 is 29.6 Å². The molecule has 4 aromatic rings. The van der Waals surface area contributed by atoms with E-state index in [9.17, 15) is 14.2 Å². The second-order valence-corrected chi connectivity index (χ2v) is 12.3. The predicted molar refractivity (Wildman–Crippen MR) is 183 cm³/mol. The van der Waals surface area contributed by atoms with Gasteiger partial charge in [0.2, 0.25) is 0 Å². The van der Waals surface area contributed by atoms with E-state index in [-0.39, 0.29) is 0 Å². The van der Waals surface area contributed by atoms with Gasteiger partial charge in [0, 0.05) is 0 Å². The van der Waals surface area contributed by atoms with Gasteiger partial charge in [0.05, 0.1) is 10.0 Å². The fourth-order valence-corrected chi connectivity index (χ4v) is 4.99. The first-order chi connectivity index (χ1) is 23.0. The number of benzene rings is 4. The Balaban J connectivity index is 1.10. The van der Waals surface area contributed by atoms with Crippen LogP contribution >= 0.6 is 31.5 Å². The van der Waals surface area contributed by atoms with Crippen molar-refractivity contribution in [2.45, 2.75) is 39.9 Å². The first-order valence-electron chi connectivity index (χ1n) is 14.7. The minimum Gasteiger partial charge on any atom is -0.481 e. The van der Waals surface area contributed by atoms with Crippen molar-refractivity contribution < 1.29 is 42.1 Å². The van der Waals surface area contributed by atoms with Gasteiger partial charge in [-0.1, -0.05) is 35.3 Å². The fourth-order valence-electron chi connectivity index (χ4n) is 3.98. The third kappa shape index (κ3) is 11.5. The zero-order valence-electron chi connectivity index (χ0n) is 26.6. The summed E-state index contributed by atoms with van der Waals surface area (Å²) in [5.41, 5.74) is 2.04. The zero-order chi connectivity index (χ0) is 34.6. The highest BCUT2D eigenvalue weighted by atomic mass is 35.5. The Morgan fingerprint density at radius 2 is 0.979 bits per heavy atom. The smallest absolute Gasteiger partial charge is 0.322 e. The quantitative estimate of drug-likeness (QED) is 0.0875. The van der Waals surface area contributed by atoms with Crippen molar-refractivity contribution in [2.75, 3.05) is 13.5 Å². The molecule has 2 amide bonds. The molecule has 0 fully saturated rings. The number of carbonyl (C=O) groups excluding carboxylic acids is 2. The minimum absolute atomic E-state index is 0.391. The lowest BCUT2D eigenvalue weighted by Gasteiger charge is -2.16. The van der Waals surface area contributed by atoms with Gasteiger partial charge in [-0.15, -0.1) is 0 Å². The number of halogens is 2. The van der Waals surface area contributed by atoms with Crippen LogP contribution in [0.4, 0.5) is 0 Å². The zero-order valence-corrected chi connectivity index (χ0v) is 29.1. The molecule has 2 unspecified atom stereocenters. The molecule has 48 heavy (non-hydrogen) atoms. The monoisotopic (exact) mass is 716 g/mol. The van der Waals surface area contributed by atoms with E-state index in [0.717, 1.165) is 11.1 Å².